The molecule has 4 N–H and O–H groups in total. The topological polar surface area (TPSA) is 146 Å². The number of ether oxygens (including phenoxy) is 1. The van der Waals surface area contributed by atoms with Gasteiger partial charge in [0.1, 0.15) is 23.8 Å². The van der Waals surface area contributed by atoms with E-state index in [0.717, 1.165) is 0 Å². The van der Waals surface area contributed by atoms with Crippen molar-refractivity contribution in [1.29, 1.82) is 0 Å². The molecular formula is C11H14Cl2N5O5PS. The van der Waals surface area contributed by atoms with Crippen LogP contribution in [0.3, 0.4) is 0 Å². The average Bonchev–Trinajstić information content (AvgIpc) is 3.08. The summed E-state index contributed by atoms with van der Waals surface area (Å²) in [6.07, 6.45) is -5.27. The molecule has 0 aromatic carbocycles. The molecule has 1 fully saturated rings. The quantitative estimate of drug-likeness (QED) is 0.361. The zero-order valence-electron chi connectivity index (χ0n) is 12.7. The van der Waals surface area contributed by atoms with Gasteiger partial charge in [0.2, 0.25) is 0 Å². The Bertz CT molecular complexity index is 835. The zero-order chi connectivity index (χ0) is 18.4. The van der Waals surface area contributed by atoms with E-state index in [9.17, 15) is 14.8 Å². The van der Waals surface area contributed by atoms with E-state index >= 15 is 0 Å². The van der Waals surface area contributed by atoms with Crippen molar-refractivity contribution < 1.29 is 24.0 Å². The van der Waals surface area contributed by atoms with Gasteiger partial charge >= 0.3 is 6.07 Å². The van der Waals surface area contributed by atoms with Crippen molar-refractivity contribution >= 4 is 57.3 Å². The van der Waals surface area contributed by atoms with Gasteiger partial charge in [-0.25, -0.2) is 15.0 Å². The standard InChI is InChI=1S/C11H14Cl2N5O5PS/c1-25-11-16-8(14)5-9(17-11)18(3-15-5)10-7(20)6(19)4(23-10)2-22-24(12,13)21/h3-4,6-7,10,19-20H,2H2,1H3,(H2,14,16,17)/t4-,6-,7-,10-/m1/s1. The van der Waals surface area contributed by atoms with E-state index in [-0.39, 0.29) is 12.4 Å². The van der Waals surface area contributed by atoms with Gasteiger partial charge in [0.15, 0.2) is 22.8 Å². The van der Waals surface area contributed by atoms with Crippen LogP contribution in [0.2, 0.25) is 0 Å². The number of aromatic nitrogens is 4. The normalized spacial score (nSPS) is 27.2. The van der Waals surface area contributed by atoms with Gasteiger partial charge in [0, 0.05) is 0 Å². The Morgan fingerprint density at radius 1 is 1.44 bits per heavy atom. The number of aliphatic hydroxyl groups is 2. The van der Waals surface area contributed by atoms with Crippen LogP contribution < -0.4 is 5.73 Å². The number of hydrogen-bond donors (Lipinski definition) is 3. The number of anilines is 1. The molecule has 4 atom stereocenters. The van der Waals surface area contributed by atoms with Crippen molar-refractivity contribution in [2.24, 2.45) is 0 Å². The number of thioether (sulfide) groups is 1. The second kappa shape index (κ2) is 7.16. The monoisotopic (exact) mass is 429 g/mol. The van der Waals surface area contributed by atoms with Gasteiger partial charge in [0.25, 0.3) is 0 Å². The van der Waals surface area contributed by atoms with Crippen molar-refractivity contribution in [3.8, 4) is 0 Å². The highest BCUT2D eigenvalue weighted by atomic mass is 35.9. The highest BCUT2D eigenvalue weighted by molar-refractivity contribution is 8.05. The van der Waals surface area contributed by atoms with Gasteiger partial charge in [-0.1, -0.05) is 11.8 Å². The summed E-state index contributed by atoms with van der Waals surface area (Å²) >= 11 is 11.9. The van der Waals surface area contributed by atoms with Gasteiger partial charge in [-0.2, -0.15) is 0 Å². The molecule has 0 unspecified atom stereocenters. The maximum atomic E-state index is 11.2. The van der Waals surface area contributed by atoms with Crippen LogP contribution >= 0.6 is 40.3 Å². The van der Waals surface area contributed by atoms with Crippen LogP contribution in [0.15, 0.2) is 11.5 Å². The molecule has 0 bridgehead atoms. The number of rotatable bonds is 5. The fraction of sp³-hybridized carbons (Fsp3) is 0.545. The van der Waals surface area contributed by atoms with Crippen molar-refractivity contribution in [3.05, 3.63) is 6.33 Å². The first-order valence-corrected chi connectivity index (χ1v) is 11.6. The Hall–Kier alpha value is -0.650. The first-order valence-electron chi connectivity index (χ1n) is 6.91. The van der Waals surface area contributed by atoms with Gasteiger partial charge < -0.3 is 25.2 Å². The minimum Gasteiger partial charge on any atom is -0.387 e. The molecule has 3 heterocycles. The largest absolute Gasteiger partial charge is 0.387 e. The first-order chi connectivity index (χ1) is 11.7. The molecule has 14 heteroatoms. The van der Waals surface area contributed by atoms with E-state index in [1.807, 2.05) is 0 Å². The Morgan fingerprint density at radius 3 is 2.80 bits per heavy atom. The zero-order valence-corrected chi connectivity index (χ0v) is 15.9. The Labute approximate surface area is 155 Å². The molecule has 138 valence electrons. The third-order valence-corrected chi connectivity index (χ3v) is 5.19. The van der Waals surface area contributed by atoms with Crippen LogP contribution in [-0.2, 0) is 13.8 Å². The van der Waals surface area contributed by atoms with Crippen LogP contribution in [0.4, 0.5) is 5.82 Å². The molecular weight excluding hydrogens is 416 g/mol. The number of aliphatic hydroxyl groups excluding tert-OH is 2. The van der Waals surface area contributed by atoms with Crippen LogP contribution in [0.5, 0.6) is 0 Å². The van der Waals surface area contributed by atoms with Crippen LogP contribution in [-0.4, -0.2) is 60.9 Å². The molecule has 1 aliphatic rings. The van der Waals surface area contributed by atoms with Crippen LogP contribution in [0.1, 0.15) is 6.23 Å². The second-order valence-corrected chi connectivity index (χ2v) is 10.2. The third kappa shape index (κ3) is 3.88. The summed E-state index contributed by atoms with van der Waals surface area (Å²) in [4.78, 5) is 12.5. The van der Waals surface area contributed by atoms with Crippen molar-refractivity contribution in [3.63, 3.8) is 0 Å². The molecule has 0 amide bonds. The Balaban J connectivity index is 1.90. The molecule has 3 rings (SSSR count). The predicted molar refractivity (Wildman–Crippen MR) is 92.7 cm³/mol. The highest BCUT2D eigenvalue weighted by Crippen LogP contribution is 2.57. The van der Waals surface area contributed by atoms with E-state index < -0.39 is 30.6 Å². The summed E-state index contributed by atoms with van der Waals surface area (Å²) in [5.74, 6) is 0.186. The molecule has 0 spiro atoms. The first kappa shape index (κ1) is 19.1. The summed E-state index contributed by atoms with van der Waals surface area (Å²) in [7, 11) is 0. The van der Waals surface area contributed by atoms with Crippen molar-refractivity contribution in [2.45, 2.75) is 29.7 Å². The summed E-state index contributed by atoms with van der Waals surface area (Å²) in [6.45, 7) is -0.362. The molecule has 1 saturated heterocycles. The molecule has 1 aliphatic heterocycles. The molecule has 0 radical (unpaired) electrons. The predicted octanol–water partition coefficient (Wildman–Crippen LogP) is 1.35. The summed E-state index contributed by atoms with van der Waals surface area (Å²) < 4.78 is 23.0. The molecule has 2 aromatic rings. The van der Waals surface area contributed by atoms with Crippen molar-refractivity contribution in [1.82, 2.24) is 19.5 Å². The Kier molecular flexibility index (Phi) is 5.48. The third-order valence-electron chi connectivity index (χ3n) is 3.61. The summed E-state index contributed by atoms with van der Waals surface area (Å²) in [6, 6.07) is 0. The number of fused-ring (bicyclic) bond motifs is 1. The van der Waals surface area contributed by atoms with Gasteiger partial charge in [-0.3, -0.25) is 9.13 Å². The molecule has 25 heavy (non-hydrogen) atoms. The lowest BCUT2D eigenvalue weighted by atomic mass is 10.1. The summed E-state index contributed by atoms with van der Waals surface area (Å²) in [5.41, 5.74) is 6.54. The number of nitrogens with zero attached hydrogens (tertiary/aromatic N) is 4. The number of imidazole rings is 1. The lowest BCUT2D eigenvalue weighted by Gasteiger charge is -2.16. The van der Waals surface area contributed by atoms with E-state index in [1.54, 1.807) is 6.26 Å². The van der Waals surface area contributed by atoms with Gasteiger partial charge in [-0.05, 0) is 28.7 Å². The van der Waals surface area contributed by atoms with Gasteiger partial charge in [-0.15, -0.1) is 0 Å². The Morgan fingerprint density at radius 2 is 2.16 bits per heavy atom. The van der Waals surface area contributed by atoms with E-state index in [2.05, 4.69) is 15.0 Å². The second-order valence-electron chi connectivity index (χ2n) is 5.18. The molecule has 0 aliphatic carbocycles. The van der Waals surface area contributed by atoms with Crippen LogP contribution in [0, 0.1) is 0 Å². The highest BCUT2D eigenvalue weighted by Gasteiger charge is 2.45. The summed E-state index contributed by atoms with van der Waals surface area (Å²) in [5, 5.41) is 20.8. The van der Waals surface area contributed by atoms with Crippen molar-refractivity contribution in [2.75, 3.05) is 18.6 Å². The lowest BCUT2D eigenvalue weighted by Crippen LogP contribution is -2.33. The average molecular weight is 430 g/mol. The lowest BCUT2D eigenvalue weighted by molar-refractivity contribution is -0.0465. The van der Waals surface area contributed by atoms with E-state index in [1.165, 1.54) is 22.7 Å². The molecule has 0 saturated carbocycles. The minimum absolute atomic E-state index is 0.186. The fourth-order valence-electron chi connectivity index (χ4n) is 2.45. The smallest absolute Gasteiger partial charge is 0.380 e. The maximum Gasteiger partial charge on any atom is 0.380 e. The fourth-order valence-corrected chi connectivity index (χ4v) is 3.48. The maximum absolute atomic E-state index is 11.2. The van der Waals surface area contributed by atoms with Crippen LogP contribution in [0.25, 0.3) is 11.2 Å². The van der Waals surface area contributed by atoms with Gasteiger partial charge in [0.05, 0.1) is 12.9 Å². The van der Waals surface area contributed by atoms with E-state index in [0.29, 0.717) is 16.3 Å². The number of halogens is 2. The molecule has 2 aromatic heterocycles. The van der Waals surface area contributed by atoms with E-state index in [4.69, 9.17) is 37.5 Å². The SMILES string of the molecule is CSc1nc(N)c2ncn([C@@H]3O[C@H](COP(=O)(Cl)Cl)[C@@H](O)[C@H]3O)c2n1. The number of nitrogen functional groups attached to an aromatic ring is 1. The molecule has 10 nitrogen and oxygen atoms in total. The number of hydrogen-bond acceptors (Lipinski definition) is 10. The minimum atomic E-state index is -3.79. The number of nitrogens with two attached hydrogens (primary N) is 1.